The molecule has 17 nitrogen and oxygen atoms in total. The van der Waals surface area contributed by atoms with Crippen molar-refractivity contribution in [3.63, 3.8) is 0 Å². The highest BCUT2D eigenvalue weighted by atomic mass is 32.2. The van der Waals surface area contributed by atoms with Crippen molar-refractivity contribution in [1.29, 1.82) is 0 Å². The lowest BCUT2D eigenvalue weighted by Crippen LogP contribution is -2.41. The fraction of sp³-hybridized carbons (Fsp3) is 0.477. The van der Waals surface area contributed by atoms with Gasteiger partial charge in [-0.2, -0.15) is 4.31 Å². The van der Waals surface area contributed by atoms with Crippen LogP contribution in [0.4, 0.5) is 22.9 Å². The molecule has 7 heterocycles. The summed E-state index contributed by atoms with van der Waals surface area (Å²) in [5.41, 5.74) is 17.6. The molecule has 18 heteroatoms. The second-order valence-corrected chi connectivity index (χ2v) is 36.9. The smallest absolute Gasteiger partial charge is 0.266 e. The van der Waals surface area contributed by atoms with E-state index in [9.17, 15) is 22.8 Å². The van der Waals surface area contributed by atoms with Crippen LogP contribution in [0.3, 0.4) is 0 Å². The number of morpholine rings is 1. The molecule has 12 rings (SSSR count). The summed E-state index contributed by atoms with van der Waals surface area (Å²) in [7, 11) is 4.94. The Morgan fingerprint density at radius 2 is 1.10 bits per heavy atom. The number of fused-ring (bicyclic) bond motifs is 4. The molecule has 0 radical (unpaired) electrons. The number of aryl methyl sites for hydroxylation is 2. The number of hydrogen-bond acceptors (Lipinski definition) is 12. The van der Waals surface area contributed by atoms with E-state index < -0.39 is 10.0 Å². The minimum Gasteiger partial charge on any atom is -0.481 e. The van der Waals surface area contributed by atoms with Crippen molar-refractivity contribution in [2.24, 2.45) is 7.05 Å². The maximum atomic E-state index is 12.7. The normalized spacial score (nSPS) is 14.1. The number of ether oxygens (including phenoxy) is 2. The summed E-state index contributed by atoms with van der Waals surface area (Å²) >= 11 is 0. The summed E-state index contributed by atoms with van der Waals surface area (Å²) in [6.07, 6.45) is 9.65. The average Bonchev–Trinajstić information content (AvgIpc) is 1.31. The maximum absolute atomic E-state index is 12.7. The molecular formula is C88H124N10O7S. The minimum atomic E-state index is -3.42. The lowest BCUT2D eigenvalue weighted by Gasteiger charge is -2.32. The van der Waals surface area contributed by atoms with E-state index in [1.807, 2.05) is 108 Å². The number of amides is 2. The predicted octanol–water partition coefficient (Wildman–Crippen LogP) is 18.5. The minimum absolute atomic E-state index is 0.0212. The van der Waals surface area contributed by atoms with Crippen molar-refractivity contribution in [3.05, 3.63) is 207 Å². The summed E-state index contributed by atoms with van der Waals surface area (Å²) in [4.78, 5) is 53.7. The molecule has 0 saturated carbocycles. The summed E-state index contributed by atoms with van der Waals surface area (Å²) in [5.74, 6) is 1.72. The van der Waals surface area contributed by atoms with Gasteiger partial charge in [0.25, 0.3) is 11.5 Å². The first-order chi connectivity index (χ1) is 49.0. The third-order valence-electron chi connectivity index (χ3n) is 18.3. The van der Waals surface area contributed by atoms with Crippen LogP contribution in [-0.2, 0) is 75.7 Å². The fourth-order valence-electron chi connectivity index (χ4n) is 13.1. The number of anilines is 4. The Morgan fingerprint density at radius 3 is 1.69 bits per heavy atom. The van der Waals surface area contributed by atoms with Gasteiger partial charge in [-0.15, -0.1) is 0 Å². The van der Waals surface area contributed by atoms with Gasteiger partial charge in [-0.05, 0) is 134 Å². The number of para-hydroxylation sites is 2. The lowest BCUT2D eigenvalue weighted by atomic mass is 9.81. The summed E-state index contributed by atoms with van der Waals surface area (Å²) < 4.78 is 39.9. The zero-order valence-corrected chi connectivity index (χ0v) is 69.7. The van der Waals surface area contributed by atoms with Gasteiger partial charge in [-0.25, -0.2) is 18.4 Å². The van der Waals surface area contributed by atoms with Crippen LogP contribution in [-0.4, -0.2) is 110 Å². The topological polar surface area (TPSA) is 197 Å². The number of benzene rings is 5. The van der Waals surface area contributed by atoms with Gasteiger partial charge in [0, 0.05) is 106 Å². The van der Waals surface area contributed by atoms with Gasteiger partial charge < -0.3 is 39.5 Å². The molecule has 1 fully saturated rings. The van der Waals surface area contributed by atoms with Gasteiger partial charge in [0.05, 0.1) is 52.4 Å². The first-order valence-corrected chi connectivity index (χ1v) is 38.5. The van der Waals surface area contributed by atoms with Crippen LogP contribution in [0.15, 0.2) is 156 Å². The molecule has 4 aromatic heterocycles. The molecule has 0 bridgehead atoms. The quantitative estimate of drug-likeness (QED) is 0.151. The number of hydrogen-bond donors (Lipinski definition) is 3. The van der Waals surface area contributed by atoms with Crippen molar-refractivity contribution >= 4 is 66.7 Å². The first-order valence-electron chi connectivity index (χ1n) is 37.0. The number of aromatic amines is 1. The molecule has 5 aromatic carbocycles. The molecule has 3 aliphatic rings. The zero-order chi connectivity index (χ0) is 79.3. The average molecular weight is 1470 g/mol. The van der Waals surface area contributed by atoms with Gasteiger partial charge >= 0.3 is 0 Å². The molecule has 2 amide bonds. The Kier molecular flexibility index (Phi) is 28.7. The molecule has 9 aromatic rings. The van der Waals surface area contributed by atoms with Crippen molar-refractivity contribution in [2.75, 3.05) is 81.0 Å². The largest absolute Gasteiger partial charge is 0.481 e. The number of carbonyl (C=O) groups excluding carboxylic acids is 2. The monoisotopic (exact) mass is 1460 g/mol. The highest BCUT2D eigenvalue weighted by Crippen LogP contribution is 2.40. The Bertz CT molecular complexity index is 4610. The van der Waals surface area contributed by atoms with Crippen molar-refractivity contribution in [2.45, 2.75) is 215 Å². The standard InChI is InChI=1S/C14H21NO3S.C14H19N.C14H21N.C12H14N2O.C12H15NO2.C11H16N2O.C11H18N2/c1-14(2,3)12-6-4-5-7-13(12)19(16,17)15-8-10-18-11-9-15;1-10-9-15(5)12-8-6-7-11(13(10)12)14(2,3)4;1-14(2,3)12-8-5-9-13-11(12)7-6-10-15(13)4;1-12(2,3)8-5-4-6-9-11(8)13-7-10(15)14-9;1-12(2,3)8-5-4-6-9-11(8)15-7-10(14)13-9;1-8(14)13-9-6-5-7-12-10(9)11(2,3)4;1-11(2,3)9-7-6-8-12-10(9)13(4)5/h4-7H,8-11H2,1-3H3;6-9H,1-5H3;5,8-9H,6-7,10H2,1-4H3;4-7H,1-3H3,(H,14,15);4-6H,7H2,1-3H3,(H,13,14);5-7H,1-4H3,(H,13,14);6-8H,1-5H3. The number of carbonyl (C=O) groups is 2. The van der Waals surface area contributed by atoms with Crippen LogP contribution in [0.25, 0.3) is 21.9 Å². The van der Waals surface area contributed by atoms with Crippen molar-refractivity contribution in [3.8, 4) is 5.75 Å². The van der Waals surface area contributed by atoms with Gasteiger partial charge in [-0.3, -0.25) is 19.4 Å². The molecule has 0 spiro atoms. The molecule has 0 unspecified atom stereocenters. The molecular weight excluding hydrogens is 1340 g/mol. The highest BCUT2D eigenvalue weighted by molar-refractivity contribution is 7.89. The molecule has 3 aliphatic heterocycles. The number of aromatic nitrogens is 5. The summed E-state index contributed by atoms with van der Waals surface area (Å²) in [5, 5.41) is 7.01. The van der Waals surface area contributed by atoms with E-state index in [1.54, 1.807) is 23.9 Å². The number of nitrogens with one attached hydrogen (secondary N) is 3. The number of nitrogens with zero attached hydrogens (tertiary/aromatic N) is 7. The third kappa shape index (κ3) is 23.4. The van der Waals surface area contributed by atoms with Crippen LogP contribution in [0.1, 0.15) is 209 Å². The van der Waals surface area contributed by atoms with E-state index in [4.69, 9.17) is 9.47 Å². The fourth-order valence-corrected chi connectivity index (χ4v) is 14.9. The summed E-state index contributed by atoms with van der Waals surface area (Å²) in [6, 6.07) is 40.1. The van der Waals surface area contributed by atoms with E-state index in [2.05, 4.69) is 239 Å². The van der Waals surface area contributed by atoms with Crippen LogP contribution in [0, 0.1) is 6.92 Å². The Hall–Kier alpha value is -8.71. The molecule has 106 heavy (non-hydrogen) atoms. The summed E-state index contributed by atoms with van der Waals surface area (Å²) in [6.45, 7) is 52.2. The van der Waals surface area contributed by atoms with Crippen LogP contribution >= 0.6 is 0 Å². The zero-order valence-electron chi connectivity index (χ0n) is 68.9. The van der Waals surface area contributed by atoms with Crippen molar-refractivity contribution < 1.29 is 27.5 Å². The maximum Gasteiger partial charge on any atom is 0.266 e. The molecule has 1 saturated heterocycles. The lowest BCUT2D eigenvalue weighted by molar-refractivity contribution is -0.118. The second-order valence-electron chi connectivity index (χ2n) is 35.0. The van der Waals surface area contributed by atoms with Gasteiger partial charge in [-0.1, -0.05) is 218 Å². The second kappa shape index (κ2) is 35.3. The molecule has 574 valence electrons. The van der Waals surface area contributed by atoms with Crippen molar-refractivity contribution in [1.82, 2.24) is 28.8 Å². The third-order valence-corrected chi connectivity index (χ3v) is 20.2. The predicted molar refractivity (Wildman–Crippen MR) is 443 cm³/mol. The van der Waals surface area contributed by atoms with E-state index in [0.717, 1.165) is 56.4 Å². The molecule has 0 aliphatic carbocycles. The molecule has 3 N–H and O–H groups in total. The Balaban J connectivity index is 0.000000194. The Morgan fingerprint density at radius 1 is 0.575 bits per heavy atom. The molecule has 0 atom stereocenters. The van der Waals surface area contributed by atoms with E-state index in [-0.39, 0.29) is 61.9 Å². The van der Waals surface area contributed by atoms with Gasteiger partial charge in [0.1, 0.15) is 11.6 Å². The highest BCUT2D eigenvalue weighted by Gasteiger charge is 2.32. The number of sulfonamides is 1. The van der Waals surface area contributed by atoms with Gasteiger partial charge in [0.15, 0.2) is 6.61 Å². The van der Waals surface area contributed by atoms with E-state index in [0.29, 0.717) is 31.2 Å². The first kappa shape index (κ1) is 86.2. The number of rotatable bonds is 4. The number of H-pyrrole nitrogens is 1. The van der Waals surface area contributed by atoms with E-state index in [1.165, 1.54) is 75.7 Å². The van der Waals surface area contributed by atoms with Crippen LogP contribution < -0.4 is 30.7 Å². The Labute approximate surface area is 634 Å². The van der Waals surface area contributed by atoms with E-state index >= 15 is 0 Å². The number of pyridine rings is 2. The van der Waals surface area contributed by atoms with Crippen LogP contribution in [0.2, 0.25) is 0 Å². The van der Waals surface area contributed by atoms with Gasteiger partial charge in [0.2, 0.25) is 15.9 Å². The SMILES string of the molecule is CC(=O)Nc1cccnc1C(C)(C)C.CC(C)(C)c1cccc2[nH]c(=O)cnc12.CC(C)(C)c1cccc2c1OCC(=O)N2.CC(C)(C)c1ccccc1S(=O)(=O)N1CCOCC1.CN(C)c1ncccc1C(C)(C)C.CN1CCCc2c1cccc2C(C)(C)C.Cc1cn(C)c2cccc(C(C)(C)C)c12. The van der Waals surface area contributed by atoms with Crippen LogP contribution in [0.5, 0.6) is 5.75 Å².